The number of nitro benzene ring substituents is 1. The molecule has 0 saturated carbocycles. The van der Waals surface area contributed by atoms with E-state index in [1.165, 1.54) is 29.3 Å². The van der Waals surface area contributed by atoms with Gasteiger partial charge in [0, 0.05) is 26.2 Å². The van der Waals surface area contributed by atoms with E-state index in [9.17, 15) is 20.0 Å². The van der Waals surface area contributed by atoms with Crippen LogP contribution in [0.5, 0.6) is 0 Å². The van der Waals surface area contributed by atoms with E-state index in [0.717, 1.165) is 5.56 Å². The Balaban J connectivity index is 2.11. The Labute approximate surface area is 160 Å². The molecule has 28 heavy (non-hydrogen) atoms. The van der Waals surface area contributed by atoms with Gasteiger partial charge in [-0.15, -0.1) is 0 Å². The summed E-state index contributed by atoms with van der Waals surface area (Å²) >= 11 is 0. The largest absolute Gasteiger partial charge is 0.382 e. The first-order chi connectivity index (χ1) is 13.3. The van der Waals surface area contributed by atoms with Crippen LogP contribution >= 0.6 is 0 Å². The molecule has 0 radical (unpaired) electrons. The van der Waals surface area contributed by atoms with Crippen LogP contribution in [-0.2, 0) is 0 Å². The van der Waals surface area contributed by atoms with E-state index < -0.39 is 16.6 Å². The van der Waals surface area contributed by atoms with Crippen molar-refractivity contribution in [2.75, 3.05) is 14.1 Å². The first kappa shape index (κ1) is 19.2. The summed E-state index contributed by atoms with van der Waals surface area (Å²) in [6, 6.07) is 10.9. The quantitative estimate of drug-likeness (QED) is 0.396. The number of H-pyrrole nitrogens is 1. The molecule has 0 spiro atoms. The van der Waals surface area contributed by atoms with Gasteiger partial charge in [0.25, 0.3) is 11.2 Å². The summed E-state index contributed by atoms with van der Waals surface area (Å²) in [5.74, 6) is 0. The number of aromatic nitrogens is 2. The van der Waals surface area contributed by atoms with E-state index >= 15 is 0 Å². The van der Waals surface area contributed by atoms with Crippen molar-refractivity contribution in [1.29, 1.82) is 0 Å². The van der Waals surface area contributed by atoms with Crippen LogP contribution in [0.1, 0.15) is 22.9 Å². The van der Waals surface area contributed by atoms with Gasteiger partial charge in [-0.05, 0) is 42.3 Å². The van der Waals surface area contributed by atoms with E-state index in [0.29, 0.717) is 16.6 Å². The minimum atomic E-state index is -1.29. The fourth-order valence-corrected chi connectivity index (χ4v) is 2.76. The Bertz CT molecular complexity index is 1120. The van der Waals surface area contributed by atoms with E-state index in [2.05, 4.69) is 15.1 Å². The second-order valence-electron chi connectivity index (χ2n) is 6.52. The maximum absolute atomic E-state index is 12.6. The number of hydrazone groups is 1. The Morgan fingerprint density at radius 1 is 1.25 bits per heavy atom. The monoisotopic (exact) mass is 381 g/mol. The number of hydrogen-bond donors (Lipinski definition) is 2. The number of hydrogen-bond acceptors (Lipinski definition) is 7. The van der Waals surface area contributed by atoms with Crippen LogP contribution in [0, 0.1) is 17.0 Å². The summed E-state index contributed by atoms with van der Waals surface area (Å²) < 4.78 is 0. The number of non-ortho nitro benzene ring substituents is 1. The van der Waals surface area contributed by atoms with Crippen LogP contribution in [-0.4, -0.2) is 44.8 Å². The molecule has 0 aliphatic rings. The Morgan fingerprint density at radius 3 is 2.54 bits per heavy atom. The van der Waals surface area contributed by atoms with Gasteiger partial charge >= 0.3 is 0 Å². The van der Waals surface area contributed by atoms with Crippen molar-refractivity contribution in [3.63, 3.8) is 0 Å². The SMILES string of the molecule is Cc1ccc2nc(/C(=N/N(C)C)C(O)c3ccc([N+](=O)[O-])cc3)c(=O)[nH]c2c1. The summed E-state index contributed by atoms with van der Waals surface area (Å²) in [4.78, 5) is 30.1. The minimum Gasteiger partial charge on any atom is -0.382 e. The fraction of sp³-hybridized carbons (Fsp3) is 0.211. The third-order valence-electron chi connectivity index (χ3n) is 4.08. The average Bonchev–Trinajstić information content (AvgIpc) is 2.65. The molecule has 2 aromatic carbocycles. The molecule has 0 saturated heterocycles. The lowest BCUT2D eigenvalue weighted by molar-refractivity contribution is -0.384. The molecule has 9 heteroatoms. The highest BCUT2D eigenvalue weighted by Crippen LogP contribution is 2.21. The van der Waals surface area contributed by atoms with Gasteiger partial charge < -0.3 is 15.1 Å². The number of nitrogens with zero attached hydrogens (tertiary/aromatic N) is 4. The van der Waals surface area contributed by atoms with Crippen LogP contribution in [0.3, 0.4) is 0 Å². The molecular weight excluding hydrogens is 362 g/mol. The highest BCUT2D eigenvalue weighted by atomic mass is 16.6. The standard InChI is InChI=1S/C19H19N5O4/c1-11-4-9-14-15(10-11)21-19(26)17(20-14)16(22-23(2)3)18(25)12-5-7-13(8-6-12)24(27)28/h4-10,18,25H,1-3H3,(H,21,26)/b22-16-. The van der Waals surface area contributed by atoms with Crippen molar-refractivity contribution in [2.24, 2.45) is 5.10 Å². The van der Waals surface area contributed by atoms with Gasteiger partial charge in [-0.3, -0.25) is 14.9 Å². The number of aliphatic hydroxyl groups is 1. The van der Waals surface area contributed by atoms with E-state index in [-0.39, 0.29) is 17.1 Å². The molecule has 3 aromatic rings. The summed E-state index contributed by atoms with van der Waals surface area (Å²) in [7, 11) is 3.31. The number of nitro groups is 1. The molecule has 1 unspecified atom stereocenters. The molecular formula is C19H19N5O4. The molecule has 2 N–H and O–H groups in total. The normalized spacial score (nSPS) is 12.8. The molecule has 0 fully saturated rings. The summed E-state index contributed by atoms with van der Waals surface area (Å²) in [5, 5.41) is 27.4. The highest BCUT2D eigenvalue weighted by molar-refractivity contribution is 6.03. The molecule has 1 heterocycles. The maximum Gasteiger partial charge on any atom is 0.276 e. The number of rotatable bonds is 5. The van der Waals surface area contributed by atoms with Gasteiger partial charge in [0.2, 0.25) is 0 Å². The van der Waals surface area contributed by atoms with Crippen molar-refractivity contribution in [3.8, 4) is 0 Å². The number of aliphatic hydroxyl groups excluding tert-OH is 1. The van der Waals surface area contributed by atoms with Gasteiger partial charge in [0.1, 0.15) is 11.8 Å². The predicted octanol–water partition coefficient (Wildman–Crippen LogP) is 2.14. The third kappa shape index (κ3) is 3.89. The Kier molecular flexibility index (Phi) is 5.18. The number of nitrogens with one attached hydrogen (secondary N) is 1. The zero-order valence-corrected chi connectivity index (χ0v) is 15.6. The molecule has 0 aliphatic heterocycles. The lowest BCUT2D eigenvalue weighted by Gasteiger charge is -2.16. The van der Waals surface area contributed by atoms with Crippen molar-refractivity contribution >= 4 is 22.4 Å². The minimum absolute atomic E-state index is 0.0177. The molecule has 0 bridgehead atoms. The summed E-state index contributed by atoms with van der Waals surface area (Å²) in [5.41, 5.74) is 1.92. The maximum atomic E-state index is 12.6. The number of aromatic amines is 1. The Morgan fingerprint density at radius 2 is 1.93 bits per heavy atom. The van der Waals surface area contributed by atoms with Crippen LogP contribution in [0.15, 0.2) is 52.4 Å². The molecule has 1 aromatic heterocycles. The lowest BCUT2D eigenvalue weighted by atomic mass is 10.0. The molecule has 9 nitrogen and oxygen atoms in total. The van der Waals surface area contributed by atoms with Crippen LogP contribution in [0.4, 0.5) is 5.69 Å². The summed E-state index contributed by atoms with van der Waals surface area (Å²) in [6.45, 7) is 1.91. The molecule has 0 aliphatic carbocycles. The van der Waals surface area contributed by atoms with Crippen molar-refractivity contribution in [2.45, 2.75) is 13.0 Å². The van der Waals surface area contributed by atoms with Crippen molar-refractivity contribution < 1.29 is 10.0 Å². The second kappa shape index (κ2) is 7.57. The third-order valence-corrected chi connectivity index (χ3v) is 4.08. The van der Waals surface area contributed by atoms with Gasteiger partial charge in [0.05, 0.1) is 16.0 Å². The van der Waals surface area contributed by atoms with Crippen molar-refractivity contribution in [3.05, 3.63) is 79.8 Å². The number of fused-ring (bicyclic) bond motifs is 1. The van der Waals surface area contributed by atoms with Gasteiger partial charge in [0.15, 0.2) is 5.69 Å². The van der Waals surface area contributed by atoms with Crippen molar-refractivity contribution in [1.82, 2.24) is 15.0 Å². The average molecular weight is 381 g/mol. The van der Waals surface area contributed by atoms with E-state index in [4.69, 9.17) is 0 Å². The zero-order valence-electron chi connectivity index (χ0n) is 15.6. The summed E-state index contributed by atoms with van der Waals surface area (Å²) in [6.07, 6.45) is -1.29. The predicted molar refractivity (Wildman–Crippen MR) is 105 cm³/mol. The van der Waals surface area contributed by atoms with Crippen LogP contribution in [0.2, 0.25) is 0 Å². The molecule has 3 rings (SSSR count). The van der Waals surface area contributed by atoms with E-state index in [1.54, 1.807) is 20.2 Å². The Hall–Kier alpha value is -3.59. The topological polar surface area (TPSA) is 125 Å². The first-order valence-corrected chi connectivity index (χ1v) is 8.45. The molecule has 1 atom stereocenters. The number of aryl methyl sites for hydroxylation is 1. The lowest BCUT2D eigenvalue weighted by Crippen LogP contribution is -2.27. The van der Waals surface area contributed by atoms with E-state index in [1.807, 2.05) is 19.1 Å². The fourth-order valence-electron chi connectivity index (χ4n) is 2.76. The molecule has 0 amide bonds. The van der Waals surface area contributed by atoms with Crippen LogP contribution < -0.4 is 5.56 Å². The first-order valence-electron chi connectivity index (χ1n) is 8.45. The smallest absolute Gasteiger partial charge is 0.276 e. The molecule has 144 valence electrons. The van der Waals surface area contributed by atoms with Crippen LogP contribution in [0.25, 0.3) is 11.0 Å². The van der Waals surface area contributed by atoms with Gasteiger partial charge in [-0.1, -0.05) is 6.07 Å². The van der Waals surface area contributed by atoms with Gasteiger partial charge in [-0.2, -0.15) is 5.10 Å². The number of benzene rings is 2. The van der Waals surface area contributed by atoms with Gasteiger partial charge in [-0.25, -0.2) is 4.98 Å². The zero-order chi connectivity index (χ0) is 20.4. The second-order valence-corrected chi connectivity index (χ2v) is 6.52. The highest BCUT2D eigenvalue weighted by Gasteiger charge is 2.23.